The van der Waals surface area contributed by atoms with Crippen LogP contribution in [0.25, 0.3) is 0 Å². The number of rotatable bonds is 6. The van der Waals surface area contributed by atoms with Crippen LogP contribution in [0.4, 0.5) is 0 Å². The van der Waals surface area contributed by atoms with Gasteiger partial charge in [0, 0.05) is 20.1 Å². The number of hydrogen-bond acceptors (Lipinski definition) is 4. The third-order valence-corrected chi connectivity index (χ3v) is 6.99. The summed E-state index contributed by atoms with van der Waals surface area (Å²) in [4.78, 5) is 14.8. The third kappa shape index (κ3) is 4.20. The maximum absolute atomic E-state index is 13.1. The Balaban J connectivity index is 1.75. The van der Waals surface area contributed by atoms with Gasteiger partial charge in [-0.3, -0.25) is 4.79 Å². The molecule has 0 bridgehead atoms. The molecular weight excluding hydrogens is 376 g/mol. The molecule has 3 rings (SSSR count). The number of likely N-dealkylation sites (N-methyl/N-ethyl adjacent to an activating group) is 1. The molecule has 0 radical (unpaired) electrons. The molecule has 1 atom stereocenters. The fourth-order valence-electron chi connectivity index (χ4n) is 3.46. The molecule has 1 aliphatic rings. The van der Waals surface area contributed by atoms with E-state index in [-0.39, 0.29) is 10.8 Å². The Kier molecular flexibility index (Phi) is 6.05. The van der Waals surface area contributed by atoms with Crippen LogP contribution >= 0.6 is 0 Å². The second-order valence-electron chi connectivity index (χ2n) is 7.13. The van der Waals surface area contributed by atoms with E-state index in [1.165, 1.54) is 4.31 Å². The minimum absolute atomic E-state index is 0.177. The molecule has 1 aliphatic heterocycles. The molecule has 2 aromatic carbocycles. The fraction of sp³-hybridized carbons (Fsp3) is 0.381. The maximum atomic E-state index is 13.1. The topological polar surface area (TPSA) is 66.9 Å². The molecule has 28 heavy (non-hydrogen) atoms. The van der Waals surface area contributed by atoms with E-state index in [0.717, 1.165) is 16.9 Å². The zero-order valence-corrected chi connectivity index (χ0v) is 17.3. The smallest absolute Gasteiger partial charge is 0.243 e. The summed E-state index contributed by atoms with van der Waals surface area (Å²) in [6.45, 7) is 2.69. The van der Waals surface area contributed by atoms with Gasteiger partial charge in [0.05, 0.1) is 12.0 Å². The van der Waals surface area contributed by atoms with Crippen molar-refractivity contribution in [1.29, 1.82) is 0 Å². The van der Waals surface area contributed by atoms with Crippen LogP contribution in [0.1, 0.15) is 24.0 Å². The fourth-order valence-corrected chi connectivity index (χ4v) is 5.11. The number of hydrogen-bond donors (Lipinski definition) is 0. The SMILES string of the molecule is COc1ccc(CN(C)C(=O)[C@@H]2CCCN2S(=O)(=O)c2ccc(C)cc2)cc1. The summed E-state index contributed by atoms with van der Waals surface area (Å²) in [6.07, 6.45) is 1.22. The molecule has 1 saturated heterocycles. The molecule has 0 N–H and O–H groups in total. The van der Waals surface area contributed by atoms with E-state index in [0.29, 0.717) is 25.9 Å². The van der Waals surface area contributed by atoms with Crippen molar-refractivity contribution in [2.45, 2.75) is 37.2 Å². The van der Waals surface area contributed by atoms with Crippen LogP contribution in [0.5, 0.6) is 5.75 Å². The first-order valence-electron chi connectivity index (χ1n) is 9.29. The van der Waals surface area contributed by atoms with E-state index in [2.05, 4.69) is 0 Å². The van der Waals surface area contributed by atoms with Gasteiger partial charge in [0.15, 0.2) is 0 Å². The number of aryl methyl sites for hydroxylation is 1. The minimum Gasteiger partial charge on any atom is -0.497 e. The first-order chi connectivity index (χ1) is 13.3. The number of carbonyl (C=O) groups is 1. The Bertz CT molecular complexity index is 924. The molecule has 0 aromatic heterocycles. The summed E-state index contributed by atoms with van der Waals surface area (Å²) in [6, 6.07) is 13.6. The van der Waals surface area contributed by atoms with Crippen LogP contribution in [-0.4, -0.2) is 50.3 Å². The number of sulfonamides is 1. The first kappa shape index (κ1) is 20.4. The molecule has 7 heteroatoms. The van der Waals surface area contributed by atoms with Crippen molar-refractivity contribution in [3.05, 3.63) is 59.7 Å². The summed E-state index contributed by atoms with van der Waals surface area (Å²) < 4.78 is 32.6. The summed E-state index contributed by atoms with van der Waals surface area (Å²) >= 11 is 0. The summed E-state index contributed by atoms with van der Waals surface area (Å²) in [7, 11) is -0.381. The summed E-state index contributed by atoms with van der Waals surface area (Å²) in [5.41, 5.74) is 1.95. The normalized spacial score (nSPS) is 17.5. The van der Waals surface area contributed by atoms with Crippen molar-refractivity contribution < 1.29 is 17.9 Å². The lowest BCUT2D eigenvalue weighted by Gasteiger charge is -2.27. The summed E-state index contributed by atoms with van der Waals surface area (Å²) in [5, 5.41) is 0. The molecule has 150 valence electrons. The van der Waals surface area contributed by atoms with E-state index in [4.69, 9.17) is 4.74 Å². The second-order valence-corrected chi connectivity index (χ2v) is 9.02. The van der Waals surface area contributed by atoms with Gasteiger partial charge in [-0.2, -0.15) is 4.31 Å². The van der Waals surface area contributed by atoms with Crippen LogP contribution in [0, 0.1) is 6.92 Å². The lowest BCUT2D eigenvalue weighted by Crippen LogP contribution is -2.46. The van der Waals surface area contributed by atoms with Crippen LogP contribution in [0.15, 0.2) is 53.4 Å². The van der Waals surface area contributed by atoms with Crippen LogP contribution in [-0.2, 0) is 21.4 Å². The molecule has 2 aromatic rings. The number of benzene rings is 2. The monoisotopic (exact) mass is 402 g/mol. The van der Waals surface area contributed by atoms with Crippen molar-refractivity contribution in [3.63, 3.8) is 0 Å². The van der Waals surface area contributed by atoms with Gasteiger partial charge < -0.3 is 9.64 Å². The van der Waals surface area contributed by atoms with E-state index < -0.39 is 16.1 Å². The zero-order valence-electron chi connectivity index (χ0n) is 16.5. The van der Waals surface area contributed by atoms with Crippen LogP contribution in [0.2, 0.25) is 0 Å². The van der Waals surface area contributed by atoms with Gasteiger partial charge in [0.1, 0.15) is 11.8 Å². The highest BCUT2D eigenvalue weighted by Crippen LogP contribution is 2.27. The number of ether oxygens (including phenoxy) is 1. The lowest BCUT2D eigenvalue weighted by atomic mass is 10.1. The standard InChI is InChI=1S/C21H26N2O4S/c1-16-6-12-19(13-7-16)28(25,26)23-14-4-5-20(23)21(24)22(2)15-17-8-10-18(27-3)11-9-17/h6-13,20H,4-5,14-15H2,1-3H3/t20-/m0/s1. The second kappa shape index (κ2) is 8.32. The van der Waals surface area contributed by atoms with Gasteiger partial charge in [0.2, 0.25) is 15.9 Å². The Morgan fingerprint density at radius 3 is 2.39 bits per heavy atom. The Morgan fingerprint density at radius 1 is 1.14 bits per heavy atom. The van der Waals surface area contributed by atoms with Crippen molar-refractivity contribution in [3.8, 4) is 5.75 Å². The van der Waals surface area contributed by atoms with E-state index >= 15 is 0 Å². The highest BCUT2D eigenvalue weighted by Gasteiger charge is 2.40. The Hall–Kier alpha value is -2.38. The number of nitrogens with zero attached hydrogens (tertiary/aromatic N) is 2. The van der Waals surface area contributed by atoms with Gasteiger partial charge in [-0.1, -0.05) is 29.8 Å². The van der Waals surface area contributed by atoms with Gasteiger partial charge in [-0.15, -0.1) is 0 Å². The Morgan fingerprint density at radius 2 is 1.79 bits per heavy atom. The molecule has 0 aliphatic carbocycles. The van der Waals surface area contributed by atoms with Crippen LogP contribution in [0.3, 0.4) is 0 Å². The van der Waals surface area contributed by atoms with Gasteiger partial charge in [0.25, 0.3) is 0 Å². The quantitative estimate of drug-likeness (QED) is 0.745. The molecular formula is C21H26N2O4S. The number of carbonyl (C=O) groups excluding carboxylic acids is 1. The molecule has 0 spiro atoms. The largest absolute Gasteiger partial charge is 0.497 e. The lowest BCUT2D eigenvalue weighted by molar-refractivity contribution is -0.133. The number of amides is 1. The van der Waals surface area contributed by atoms with Crippen molar-refractivity contribution in [1.82, 2.24) is 9.21 Å². The predicted octanol–water partition coefficient (Wildman–Crippen LogP) is 2.82. The highest BCUT2D eigenvalue weighted by atomic mass is 32.2. The first-order valence-corrected chi connectivity index (χ1v) is 10.7. The average molecular weight is 403 g/mol. The number of methoxy groups -OCH3 is 1. The van der Waals surface area contributed by atoms with E-state index in [9.17, 15) is 13.2 Å². The van der Waals surface area contributed by atoms with Gasteiger partial charge in [-0.05, 0) is 49.6 Å². The van der Waals surface area contributed by atoms with Gasteiger partial charge >= 0.3 is 0 Å². The predicted molar refractivity (Wildman–Crippen MR) is 108 cm³/mol. The highest BCUT2D eigenvalue weighted by molar-refractivity contribution is 7.89. The van der Waals surface area contributed by atoms with Gasteiger partial charge in [-0.25, -0.2) is 8.42 Å². The molecule has 1 heterocycles. The maximum Gasteiger partial charge on any atom is 0.243 e. The Labute approximate surface area is 166 Å². The molecule has 0 unspecified atom stereocenters. The molecule has 1 fully saturated rings. The van der Waals surface area contributed by atoms with E-state index in [1.54, 1.807) is 43.3 Å². The molecule has 0 saturated carbocycles. The molecule has 1 amide bonds. The van der Waals surface area contributed by atoms with Crippen molar-refractivity contribution >= 4 is 15.9 Å². The average Bonchev–Trinajstić information content (AvgIpc) is 3.19. The van der Waals surface area contributed by atoms with Crippen LogP contribution < -0.4 is 4.74 Å². The third-order valence-electron chi connectivity index (χ3n) is 5.07. The van der Waals surface area contributed by atoms with E-state index in [1.807, 2.05) is 31.2 Å². The van der Waals surface area contributed by atoms with Crippen molar-refractivity contribution in [2.24, 2.45) is 0 Å². The summed E-state index contributed by atoms with van der Waals surface area (Å²) in [5.74, 6) is 0.577. The van der Waals surface area contributed by atoms with Crippen molar-refractivity contribution in [2.75, 3.05) is 20.7 Å². The molecule has 6 nitrogen and oxygen atoms in total. The minimum atomic E-state index is -3.70. The zero-order chi connectivity index (χ0) is 20.3.